The lowest BCUT2D eigenvalue weighted by molar-refractivity contribution is -0.543. The molecule has 1 aromatic heterocycles. The van der Waals surface area contributed by atoms with Gasteiger partial charge >= 0.3 is 0 Å². The highest BCUT2D eigenvalue weighted by atomic mass is 35.5. The van der Waals surface area contributed by atoms with Crippen LogP contribution in [0, 0.1) is 5.92 Å². The molecule has 3 aromatic rings. The number of hydrogen-bond donors (Lipinski definition) is 1. The van der Waals surface area contributed by atoms with E-state index in [1.807, 2.05) is 73.5 Å². The van der Waals surface area contributed by atoms with Gasteiger partial charge in [-0.1, -0.05) is 63.1 Å². The van der Waals surface area contributed by atoms with Gasteiger partial charge in [0.1, 0.15) is 0 Å². The zero-order valence-corrected chi connectivity index (χ0v) is 21.2. The highest BCUT2D eigenvalue weighted by Crippen LogP contribution is 2.50. The van der Waals surface area contributed by atoms with E-state index in [1.54, 1.807) is 0 Å². The second-order valence-corrected chi connectivity index (χ2v) is 10.6. The van der Waals surface area contributed by atoms with Crippen molar-refractivity contribution < 1.29 is 10.2 Å². The van der Waals surface area contributed by atoms with E-state index in [2.05, 4.69) is 18.9 Å². The van der Waals surface area contributed by atoms with Gasteiger partial charge in [0.15, 0.2) is 0 Å². The van der Waals surface area contributed by atoms with E-state index >= 15 is 0 Å². The number of fused-ring (bicyclic) bond motifs is 1. The first kappa shape index (κ1) is 23.9. The van der Waals surface area contributed by atoms with Gasteiger partial charge in [0.2, 0.25) is 0 Å². The summed E-state index contributed by atoms with van der Waals surface area (Å²) in [7, 11) is 1.95. The number of aromatic nitrogens is 2. The maximum atomic E-state index is 13.5. The second kappa shape index (κ2) is 8.70. The number of anilines is 1. The number of benzene rings is 2. The lowest BCUT2D eigenvalue weighted by Crippen LogP contribution is -2.65. The Bertz CT molecular complexity index is 1330. The zero-order valence-electron chi connectivity index (χ0n) is 20.4. The Morgan fingerprint density at radius 1 is 1.11 bits per heavy atom. The number of rotatable bonds is 5. The summed E-state index contributed by atoms with van der Waals surface area (Å²) in [6.45, 7) is 6.18. The van der Waals surface area contributed by atoms with Gasteiger partial charge < -0.3 is 15.1 Å². The second-order valence-electron chi connectivity index (χ2n) is 10.2. The highest BCUT2D eigenvalue weighted by molar-refractivity contribution is 6.30. The van der Waals surface area contributed by atoms with E-state index < -0.39 is 24.0 Å². The standard InChI is InChI=1S/C28H30ClN3O3/c1-5-9-20-23(27(35)32(30-20)17-10-7-6-8-11-17)24-25(33)18(26(24)34)15-22-28(2,3)19-14-16(29)12-13-21(19)31(22)4/h6-8,10-15,18,24-26,30H,5,9H2,1-4H3/q-2. The predicted molar refractivity (Wildman–Crippen MR) is 135 cm³/mol. The van der Waals surface area contributed by atoms with Crippen LogP contribution in [0.2, 0.25) is 5.02 Å². The van der Waals surface area contributed by atoms with Crippen LogP contribution < -0.4 is 20.7 Å². The summed E-state index contributed by atoms with van der Waals surface area (Å²) in [6.07, 6.45) is 0.906. The van der Waals surface area contributed by atoms with Crippen LogP contribution >= 0.6 is 11.6 Å². The lowest BCUT2D eigenvalue weighted by Gasteiger charge is -2.60. The molecule has 0 bridgehead atoms. The largest absolute Gasteiger partial charge is 0.851 e. The molecule has 2 heterocycles. The summed E-state index contributed by atoms with van der Waals surface area (Å²) in [5.74, 6) is -1.56. The van der Waals surface area contributed by atoms with Crippen LogP contribution in [0.5, 0.6) is 0 Å². The van der Waals surface area contributed by atoms with Crippen molar-refractivity contribution in [3.8, 4) is 5.69 Å². The smallest absolute Gasteiger partial charge is 0.274 e. The van der Waals surface area contributed by atoms with Gasteiger partial charge in [-0.2, -0.15) is 0 Å². The quantitative estimate of drug-likeness (QED) is 0.593. The molecular formula is C28H30ClN3O3-2. The number of likely N-dealkylation sites (N-methyl/N-ethyl adjacent to an activating group) is 1. The lowest BCUT2D eigenvalue weighted by atomic mass is 9.64. The first-order valence-electron chi connectivity index (χ1n) is 12.1. The average Bonchev–Trinajstić information content (AvgIpc) is 3.24. The van der Waals surface area contributed by atoms with E-state index in [9.17, 15) is 15.0 Å². The molecule has 1 N–H and O–H groups in total. The van der Waals surface area contributed by atoms with Crippen molar-refractivity contribution in [1.29, 1.82) is 0 Å². The van der Waals surface area contributed by atoms with Crippen LogP contribution in [0.25, 0.3) is 5.69 Å². The highest BCUT2D eigenvalue weighted by Gasteiger charge is 2.44. The summed E-state index contributed by atoms with van der Waals surface area (Å²) in [6, 6.07) is 15.0. The summed E-state index contributed by atoms with van der Waals surface area (Å²) in [4.78, 5) is 15.4. The molecule has 1 aliphatic carbocycles. The third-order valence-electron chi connectivity index (χ3n) is 7.67. The van der Waals surface area contributed by atoms with Crippen molar-refractivity contribution in [2.75, 3.05) is 11.9 Å². The fourth-order valence-electron chi connectivity index (χ4n) is 5.75. The monoisotopic (exact) mass is 491 g/mol. The van der Waals surface area contributed by atoms with Gasteiger partial charge in [0, 0.05) is 40.1 Å². The first-order valence-corrected chi connectivity index (χ1v) is 12.5. The molecule has 2 aliphatic rings. The Morgan fingerprint density at radius 3 is 2.46 bits per heavy atom. The number of allylic oxidation sites excluding steroid dienone is 1. The van der Waals surface area contributed by atoms with Crippen molar-refractivity contribution in [3.63, 3.8) is 0 Å². The summed E-state index contributed by atoms with van der Waals surface area (Å²) in [5, 5.41) is 30.8. The molecule has 1 aliphatic heterocycles. The molecule has 2 atom stereocenters. The number of aryl methyl sites for hydroxylation is 1. The molecule has 1 fully saturated rings. The van der Waals surface area contributed by atoms with E-state index in [1.165, 1.54) is 4.68 Å². The van der Waals surface area contributed by atoms with Crippen molar-refractivity contribution in [2.24, 2.45) is 5.92 Å². The summed E-state index contributed by atoms with van der Waals surface area (Å²) >= 11 is 6.25. The first-order chi connectivity index (χ1) is 16.7. The molecule has 35 heavy (non-hydrogen) atoms. The fraction of sp³-hybridized carbons (Fsp3) is 0.393. The van der Waals surface area contributed by atoms with Crippen LogP contribution in [0.3, 0.4) is 0 Å². The number of aromatic amines is 1. The van der Waals surface area contributed by atoms with Crippen LogP contribution in [0.4, 0.5) is 5.69 Å². The fourth-order valence-corrected chi connectivity index (χ4v) is 5.93. The minimum Gasteiger partial charge on any atom is -0.851 e. The molecule has 0 amide bonds. The summed E-state index contributed by atoms with van der Waals surface area (Å²) in [5.41, 5.74) is 4.08. The van der Waals surface area contributed by atoms with Crippen molar-refractivity contribution in [2.45, 2.75) is 57.2 Å². The molecular weight excluding hydrogens is 462 g/mol. The number of nitrogens with zero attached hydrogens (tertiary/aromatic N) is 2. The molecule has 0 radical (unpaired) electrons. The molecule has 0 saturated heterocycles. The Morgan fingerprint density at radius 2 is 1.80 bits per heavy atom. The minimum absolute atomic E-state index is 0.294. The average molecular weight is 492 g/mol. The maximum absolute atomic E-state index is 13.5. The van der Waals surface area contributed by atoms with Crippen molar-refractivity contribution >= 4 is 17.3 Å². The number of H-pyrrole nitrogens is 1. The molecule has 1 saturated carbocycles. The Balaban J connectivity index is 1.49. The minimum atomic E-state index is -1.18. The van der Waals surface area contributed by atoms with Gasteiger partial charge in [-0.05, 0) is 54.2 Å². The molecule has 2 unspecified atom stereocenters. The van der Waals surface area contributed by atoms with Gasteiger partial charge in [-0.3, -0.25) is 9.89 Å². The van der Waals surface area contributed by atoms with E-state index in [0.29, 0.717) is 28.4 Å². The Labute approximate surface area is 210 Å². The van der Waals surface area contributed by atoms with Gasteiger partial charge in [-0.25, -0.2) is 4.68 Å². The van der Waals surface area contributed by atoms with E-state index in [-0.39, 0.29) is 11.0 Å². The van der Waals surface area contributed by atoms with Crippen LogP contribution in [0.1, 0.15) is 49.9 Å². The Kier molecular flexibility index (Phi) is 5.94. The van der Waals surface area contributed by atoms with Gasteiger partial charge in [-0.15, -0.1) is 12.2 Å². The molecule has 6 nitrogen and oxygen atoms in total. The molecule has 0 spiro atoms. The van der Waals surface area contributed by atoms with E-state index in [0.717, 1.165) is 23.4 Å². The molecule has 2 aromatic carbocycles. The van der Waals surface area contributed by atoms with Crippen LogP contribution in [-0.4, -0.2) is 29.0 Å². The zero-order chi connectivity index (χ0) is 25.1. The van der Waals surface area contributed by atoms with Crippen molar-refractivity contribution in [1.82, 2.24) is 9.78 Å². The third kappa shape index (κ3) is 3.66. The molecule has 7 heteroatoms. The predicted octanol–water partition coefficient (Wildman–Crippen LogP) is 3.25. The topological polar surface area (TPSA) is 87.1 Å². The van der Waals surface area contributed by atoms with Crippen LogP contribution in [0.15, 0.2) is 65.1 Å². The van der Waals surface area contributed by atoms with Crippen LogP contribution in [-0.2, 0) is 11.8 Å². The summed E-state index contributed by atoms with van der Waals surface area (Å²) < 4.78 is 1.46. The number of nitrogens with one attached hydrogen (secondary N) is 1. The van der Waals surface area contributed by atoms with E-state index in [4.69, 9.17) is 11.6 Å². The van der Waals surface area contributed by atoms with Crippen molar-refractivity contribution in [3.05, 3.63) is 92.5 Å². The van der Waals surface area contributed by atoms with Gasteiger partial charge in [0.25, 0.3) is 5.56 Å². The number of hydrogen-bond acceptors (Lipinski definition) is 4. The SMILES string of the molecule is CCCc1[nH]n(-c2ccccc2)c(=O)c1C1C([O-])C(C=C2N(C)c3ccc(Cl)cc3C2(C)C)C1[O-]. The number of halogens is 1. The molecule has 5 rings (SSSR count). The molecule has 184 valence electrons. The normalized spacial score (nSPS) is 26.1. The maximum Gasteiger partial charge on any atom is 0.274 e. The number of para-hydroxylation sites is 1. The van der Waals surface area contributed by atoms with Gasteiger partial charge in [0.05, 0.1) is 5.69 Å². The Hall–Kier alpha value is -2.80. The third-order valence-corrected chi connectivity index (χ3v) is 7.90.